The number of ether oxygens (including phenoxy) is 8. The van der Waals surface area contributed by atoms with Gasteiger partial charge in [0.25, 0.3) is 0 Å². The molecule has 2 aliphatic rings. The molecule has 0 aliphatic carbocycles. The molecule has 10 atom stereocenters. The van der Waals surface area contributed by atoms with Crippen LogP contribution in [0.1, 0.15) is 48.1 Å². The van der Waals surface area contributed by atoms with E-state index in [-0.39, 0.29) is 25.7 Å². The van der Waals surface area contributed by atoms with Crippen molar-refractivity contribution in [2.75, 3.05) is 6.61 Å². The number of hydrogen-bond acceptors (Lipinski definition) is 9. The minimum atomic E-state index is -0.962. The Morgan fingerprint density at radius 1 is 0.448 bits per heavy atom. The van der Waals surface area contributed by atoms with Crippen molar-refractivity contribution in [3.8, 4) is 0 Å². The van der Waals surface area contributed by atoms with Crippen molar-refractivity contribution in [3.05, 3.63) is 179 Å². The zero-order valence-corrected chi connectivity index (χ0v) is 33.4. The Kier molecular flexibility index (Phi) is 15.6. The summed E-state index contributed by atoms with van der Waals surface area (Å²) in [6.07, 6.45) is -5.87. The first-order chi connectivity index (χ1) is 28.6. The Hall–Kier alpha value is -4.26. The minimum absolute atomic E-state index is 0.227. The lowest BCUT2D eigenvalue weighted by Crippen LogP contribution is -2.63. The fourth-order valence-corrected chi connectivity index (χ4v) is 7.55. The summed E-state index contributed by atoms with van der Waals surface area (Å²) in [7, 11) is 0. The number of benzene rings is 5. The monoisotopic (exact) mass is 788 g/mol. The Bertz CT molecular complexity index is 1870. The maximum absolute atomic E-state index is 11.7. The van der Waals surface area contributed by atoms with Crippen molar-refractivity contribution in [1.82, 2.24) is 0 Å². The summed E-state index contributed by atoms with van der Waals surface area (Å²) in [5.41, 5.74) is 5.09. The van der Waals surface area contributed by atoms with Crippen LogP contribution in [-0.2, 0) is 70.9 Å². The lowest BCUT2D eigenvalue weighted by atomic mass is 9.91. The SMILES string of the molecule is CCC1O[C@H](O[C@H]2O[C@H](COCc3ccccc3)[C@@H](OCc3ccccc3)C(OCc3ccccc3)C2C)C(OCc2ccccc2)[C@@H](OCc2ccccc2)[C@@H]1O. The highest BCUT2D eigenvalue weighted by atomic mass is 16.8. The molecule has 2 aliphatic heterocycles. The van der Waals surface area contributed by atoms with Gasteiger partial charge in [-0.15, -0.1) is 0 Å². The molecule has 0 spiro atoms. The lowest BCUT2D eigenvalue weighted by Gasteiger charge is -2.49. The van der Waals surface area contributed by atoms with Gasteiger partial charge in [0, 0.05) is 5.92 Å². The lowest BCUT2D eigenvalue weighted by molar-refractivity contribution is -0.380. The molecule has 5 aromatic rings. The summed E-state index contributed by atoms with van der Waals surface area (Å²) in [5, 5.41) is 11.7. The van der Waals surface area contributed by atoms with Crippen LogP contribution in [0.15, 0.2) is 152 Å². The number of rotatable bonds is 19. The van der Waals surface area contributed by atoms with Crippen LogP contribution in [0, 0.1) is 5.92 Å². The molecule has 0 bridgehead atoms. The van der Waals surface area contributed by atoms with Crippen LogP contribution in [0.5, 0.6) is 0 Å². The van der Waals surface area contributed by atoms with E-state index in [1.54, 1.807) is 0 Å². The van der Waals surface area contributed by atoms with E-state index >= 15 is 0 Å². The summed E-state index contributed by atoms with van der Waals surface area (Å²) < 4.78 is 53.5. The van der Waals surface area contributed by atoms with E-state index in [1.807, 2.05) is 146 Å². The molecule has 2 saturated heterocycles. The van der Waals surface area contributed by atoms with Gasteiger partial charge in [-0.25, -0.2) is 0 Å². The highest BCUT2D eigenvalue weighted by Gasteiger charge is 2.51. The summed E-state index contributed by atoms with van der Waals surface area (Å²) in [5.74, 6) is -0.330. The van der Waals surface area contributed by atoms with Crippen LogP contribution >= 0.6 is 0 Å². The van der Waals surface area contributed by atoms with E-state index < -0.39 is 55.3 Å². The second-order valence-electron chi connectivity index (χ2n) is 15.0. The molecule has 0 radical (unpaired) electrons. The standard InChI is InChI=1S/C49H56O9/c1-3-41-43(50)46(54-32-39-25-15-7-16-26-39)47(55-33-40-27-17-8-18-28-40)49(56-41)58-48-35(2)44(52-30-37-21-11-5-12-22-37)45(53-31-38-23-13-6-14-24-38)42(57-48)34-51-29-36-19-9-4-10-20-36/h4-28,35,41-50H,3,29-34H2,1-2H3/t35?,41?,42-,43-,44?,45-,46+,47?,48-,49-/m1/s1. The maximum Gasteiger partial charge on any atom is 0.189 e. The van der Waals surface area contributed by atoms with Crippen molar-refractivity contribution in [2.45, 2.75) is 109 Å². The zero-order chi connectivity index (χ0) is 39.9. The van der Waals surface area contributed by atoms with E-state index in [0.717, 1.165) is 27.8 Å². The van der Waals surface area contributed by atoms with E-state index in [0.29, 0.717) is 26.2 Å². The maximum atomic E-state index is 11.7. The molecular weight excluding hydrogens is 733 g/mol. The molecule has 306 valence electrons. The molecular formula is C49H56O9. The minimum Gasteiger partial charge on any atom is -0.388 e. The molecule has 0 aromatic heterocycles. The summed E-state index contributed by atoms with van der Waals surface area (Å²) in [6.45, 7) is 5.94. The Morgan fingerprint density at radius 2 is 0.828 bits per heavy atom. The smallest absolute Gasteiger partial charge is 0.189 e. The van der Waals surface area contributed by atoms with Crippen molar-refractivity contribution in [3.63, 3.8) is 0 Å². The molecule has 9 nitrogen and oxygen atoms in total. The second kappa shape index (κ2) is 21.7. The van der Waals surface area contributed by atoms with Crippen molar-refractivity contribution < 1.29 is 43.0 Å². The summed E-state index contributed by atoms with van der Waals surface area (Å²) in [6, 6.07) is 50.1. The third-order valence-electron chi connectivity index (χ3n) is 10.8. The van der Waals surface area contributed by atoms with Crippen molar-refractivity contribution in [1.29, 1.82) is 0 Å². The molecule has 0 amide bonds. The fraction of sp³-hybridized carbons (Fsp3) is 0.388. The third kappa shape index (κ3) is 11.5. The predicted molar refractivity (Wildman–Crippen MR) is 220 cm³/mol. The van der Waals surface area contributed by atoms with Gasteiger partial charge < -0.3 is 43.0 Å². The second-order valence-corrected chi connectivity index (χ2v) is 15.0. The van der Waals surface area contributed by atoms with Crippen LogP contribution in [-0.4, -0.2) is 67.0 Å². The van der Waals surface area contributed by atoms with Crippen molar-refractivity contribution >= 4 is 0 Å². The number of aliphatic hydroxyl groups excluding tert-OH is 1. The van der Waals surface area contributed by atoms with Gasteiger partial charge in [0.05, 0.1) is 51.8 Å². The normalized spacial score (nSPS) is 27.3. The Morgan fingerprint density at radius 3 is 1.28 bits per heavy atom. The third-order valence-corrected chi connectivity index (χ3v) is 10.8. The molecule has 4 unspecified atom stereocenters. The van der Waals surface area contributed by atoms with Gasteiger partial charge in [0.1, 0.15) is 30.5 Å². The number of aliphatic hydroxyl groups is 1. The fourth-order valence-electron chi connectivity index (χ4n) is 7.55. The highest BCUT2D eigenvalue weighted by Crippen LogP contribution is 2.37. The first kappa shape index (κ1) is 41.9. The average Bonchev–Trinajstić information content (AvgIpc) is 3.27. The van der Waals surface area contributed by atoms with Crippen LogP contribution in [0.3, 0.4) is 0 Å². The van der Waals surface area contributed by atoms with Crippen LogP contribution in [0.2, 0.25) is 0 Å². The van der Waals surface area contributed by atoms with Crippen LogP contribution in [0.4, 0.5) is 0 Å². The molecule has 1 N–H and O–H groups in total. The van der Waals surface area contributed by atoms with Gasteiger partial charge in [-0.05, 0) is 34.2 Å². The van der Waals surface area contributed by atoms with E-state index in [9.17, 15) is 5.11 Å². The Balaban J connectivity index is 1.17. The van der Waals surface area contributed by atoms with Gasteiger partial charge in [-0.3, -0.25) is 0 Å². The molecule has 5 aromatic carbocycles. The van der Waals surface area contributed by atoms with E-state index in [1.165, 1.54) is 0 Å². The quantitative estimate of drug-likeness (QED) is 0.0886. The first-order valence-corrected chi connectivity index (χ1v) is 20.4. The average molecular weight is 789 g/mol. The molecule has 7 rings (SSSR count). The first-order valence-electron chi connectivity index (χ1n) is 20.4. The number of hydrogen-bond donors (Lipinski definition) is 1. The van der Waals surface area contributed by atoms with Crippen LogP contribution in [0.25, 0.3) is 0 Å². The summed E-state index contributed by atoms with van der Waals surface area (Å²) >= 11 is 0. The van der Waals surface area contributed by atoms with E-state index in [2.05, 4.69) is 19.1 Å². The topological polar surface area (TPSA) is 94.1 Å². The zero-order valence-electron chi connectivity index (χ0n) is 33.4. The molecule has 2 fully saturated rings. The Labute approximate surface area is 342 Å². The molecule has 2 heterocycles. The molecule has 58 heavy (non-hydrogen) atoms. The molecule has 0 saturated carbocycles. The van der Waals surface area contributed by atoms with Gasteiger partial charge in [0.15, 0.2) is 12.6 Å². The van der Waals surface area contributed by atoms with E-state index in [4.69, 9.17) is 37.9 Å². The molecule has 9 heteroatoms. The van der Waals surface area contributed by atoms with Gasteiger partial charge in [-0.1, -0.05) is 166 Å². The largest absolute Gasteiger partial charge is 0.388 e. The highest BCUT2D eigenvalue weighted by molar-refractivity contribution is 5.17. The summed E-state index contributed by atoms with van der Waals surface area (Å²) in [4.78, 5) is 0. The van der Waals surface area contributed by atoms with Gasteiger partial charge >= 0.3 is 0 Å². The van der Waals surface area contributed by atoms with Gasteiger partial charge in [-0.2, -0.15) is 0 Å². The van der Waals surface area contributed by atoms with Crippen molar-refractivity contribution in [2.24, 2.45) is 5.92 Å². The predicted octanol–water partition coefficient (Wildman–Crippen LogP) is 8.42. The van der Waals surface area contributed by atoms with Crippen LogP contribution < -0.4 is 0 Å². The van der Waals surface area contributed by atoms with Gasteiger partial charge in [0.2, 0.25) is 0 Å².